The number of aliphatic hydroxyl groups is 3. The van der Waals surface area contributed by atoms with Gasteiger partial charge in [0.05, 0.1) is 145 Å². The van der Waals surface area contributed by atoms with Gasteiger partial charge in [-0.15, -0.1) is 0 Å². The SMILES string of the molecule is [C-]#[N+]C(C)(CCC(=O)CCCOCCOCCOCCOCCOCCOCCOCCOCCOCCOCCOCCOCC(=O)CCCCCCO[C@@H]1O[C@H](O)[C@H](O)[C@H](O)[C@H]1NC(C)=O)C(C)C. The van der Waals surface area contributed by atoms with Crippen molar-refractivity contribution in [2.45, 2.75) is 122 Å². The lowest BCUT2D eigenvalue weighted by atomic mass is 9.84. The van der Waals surface area contributed by atoms with Crippen LogP contribution >= 0.6 is 0 Å². The zero-order valence-corrected chi connectivity index (χ0v) is 43.2. The molecule has 0 aromatic rings. The van der Waals surface area contributed by atoms with Crippen molar-refractivity contribution < 1.29 is 96.0 Å². The third-order valence-electron chi connectivity index (χ3n) is 11.1. The molecule has 22 nitrogen and oxygen atoms in total. The summed E-state index contributed by atoms with van der Waals surface area (Å²) in [5, 5.41) is 32.2. The van der Waals surface area contributed by atoms with Crippen LogP contribution in [-0.4, -0.2) is 234 Å². The lowest BCUT2D eigenvalue weighted by Gasteiger charge is -2.40. The summed E-state index contributed by atoms with van der Waals surface area (Å²) in [4.78, 5) is 39.4. The van der Waals surface area contributed by atoms with Crippen molar-refractivity contribution in [1.82, 2.24) is 5.32 Å². The molecule has 0 aliphatic carbocycles. The summed E-state index contributed by atoms with van der Waals surface area (Å²) in [7, 11) is 0. The predicted octanol–water partition coefficient (Wildman–Crippen LogP) is 2.09. The van der Waals surface area contributed by atoms with E-state index in [2.05, 4.69) is 10.2 Å². The van der Waals surface area contributed by atoms with Gasteiger partial charge in [0.15, 0.2) is 18.4 Å². The fourth-order valence-corrected chi connectivity index (χ4v) is 6.39. The fourth-order valence-electron chi connectivity index (χ4n) is 6.39. The Bertz CT molecular complexity index is 1330. The van der Waals surface area contributed by atoms with Crippen LogP contribution in [0.5, 0.6) is 0 Å². The maximum absolute atomic E-state index is 12.1. The van der Waals surface area contributed by atoms with Gasteiger partial charge in [-0.05, 0) is 19.3 Å². The fraction of sp³-hybridized carbons (Fsp3) is 0.918. The highest BCUT2D eigenvalue weighted by atomic mass is 16.7. The van der Waals surface area contributed by atoms with Gasteiger partial charge >= 0.3 is 0 Å². The van der Waals surface area contributed by atoms with E-state index in [-0.39, 0.29) is 30.7 Å². The number of aliphatic hydroxyl groups excluding tert-OH is 3. The Kier molecular flexibility index (Phi) is 43.3. The van der Waals surface area contributed by atoms with Gasteiger partial charge in [0, 0.05) is 58.7 Å². The van der Waals surface area contributed by atoms with E-state index < -0.39 is 42.3 Å². The van der Waals surface area contributed by atoms with Crippen molar-refractivity contribution in [3.63, 3.8) is 0 Å². The van der Waals surface area contributed by atoms with Gasteiger partial charge < -0.3 is 91.8 Å². The van der Waals surface area contributed by atoms with Crippen LogP contribution in [0.15, 0.2) is 0 Å². The van der Waals surface area contributed by atoms with E-state index in [1.54, 1.807) is 0 Å². The summed E-state index contributed by atoms with van der Waals surface area (Å²) < 4.78 is 76.7. The Morgan fingerprint density at radius 3 is 1.30 bits per heavy atom. The molecule has 1 amide bonds. The number of hydrogen-bond donors (Lipinski definition) is 4. The molecule has 0 aromatic heterocycles. The van der Waals surface area contributed by atoms with Crippen LogP contribution in [0.3, 0.4) is 0 Å². The lowest BCUT2D eigenvalue weighted by Crippen LogP contribution is -2.63. The van der Waals surface area contributed by atoms with Crippen molar-refractivity contribution >= 4 is 17.5 Å². The molecule has 0 radical (unpaired) electrons. The van der Waals surface area contributed by atoms with E-state index in [0.29, 0.717) is 197 Å². The van der Waals surface area contributed by atoms with Crippen LogP contribution in [0.4, 0.5) is 0 Å². The Labute approximate surface area is 422 Å². The summed E-state index contributed by atoms with van der Waals surface area (Å²) in [6, 6.07) is -1.02. The van der Waals surface area contributed by atoms with E-state index in [9.17, 15) is 29.7 Å². The molecule has 4 N–H and O–H groups in total. The van der Waals surface area contributed by atoms with Crippen LogP contribution in [-0.2, 0) is 80.7 Å². The molecule has 1 fully saturated rings. The van der Waals surface area contributed by atoms with Crippen LogP contribution in [0.1, 0.15) is 85.5 Å². The summed E-state index contributed by atoms with van der Waals surface area (Å²) in [5.41, 5.74) is -0.473. The second-order valence-corrected chi connectivity index (χ2v) is 17.2. The second kappa shape index (κ2) is 46.2. The lowest BCUT2D eigenvalue weighted by molar-refractivity contribution is -0.315. The molecule has 0 bridgehead atoms. The summed E-state index contributed by atoms with van der Waals surface area (Å²) in [6.07, 6.45) is -0.226. The number of carbonyl (C=O) groups excluding carboxylic acids is 3. The molecule has 1 heterocycles. The molecule has 71 heavy (non-hydrogen) atoms. The highest BCUT2D eigenvalue weighted by Crippen LogP contribution is 2.27. The molecule has 22 heteroatoms. The first-order valence-electron chi connectivity index (χ1n) is 25.3. The number of hydrogen-bond acceptors (Lipinski definition) is 20. The van der Waals surface area contributed by atoms with Crippen LogP contribution in [0.25, 0.3) is 4.85 Å². The molecule has 416 valence electrons. The van der Waals surface area contributed by atoms with E-state index >= 15 is 0 Å². The number of unbranched alkanes of at least 4 members (excludes halogenated alkanes) is 3. The molecule has 0 saturated carbocycles. The molecule has 1 aliphatic heterocycles. The minimum atomic E-state index is -1.63. The quantitative estimate of drug-likeness (QED) is 0.0502. The molecule has 0 spiro atoms. The second-order valence-electron chi connectivity index (χ2n) is 17.2. The first-order chi connectivity index (χ1) is 34.4. The molecule has 1 unspecified atom stereocenters. The number of carbonyl (C=O) groups is 3. The molecule has 1 saturated heterocycles. The molecule has 6 atom stereocenters. The maximum atomic E-state index is 12.1. The Hall–Kier alpha value is -2.38. The van der Waals surface area contributed by atoms with Crippen molar-refractivity contribution in [1.29, 1.82) is 0 Å². The third kappa shape index (κ3) is 37.9. The maximum Gasteiger partial charge on any atom is 0.232 e. The number of nitrogens with one attached hydrogen (secondary N) is 1. The van der Waals surface area contributed by atoms with Gasteiger partial charge in [-0.1, -0.05) is 26.7 Å². The standard InChI is InChI=1S/C49H90N2O20/c1-40(2)49(4,50-5)14-13-42(53)12-10-15-58-17-18-59-19-20-60-21-22-61-23-24-62-25-26-63-27-28-64-29-30-65-31-32-66-33-34-67-35-36-68-37-38-69-39-43(54)11-8-6-7-9-16-70-48-44(51-41(3)52)45(55)46(56)47(57)71-48/h40,44-48,55-57H,6-39H2,1-4H3,(H,51,52)/t44-,45-,46-,47+,48-,49?/m1/s1. The van der Waals surface area contributed by atoms with Crippen molar-refractivity contribution in [3.8, 4) is 0 Å². The van der Waals surface area contributed by atoms with Crippen molar-refractivity contribution in [2.24, 2.45) is 5.92 Å². The average molecular weight is 1030 g/mol. The molecule has 0 aromatic carbocycles. The van der Waals surface area contributed by atoms with E-state index in [4.69, 9.17) is 72.9 Å². The third-order valence-corrected chi connectivity index (χ3v) is 11.1. The van der Waals surface area contributed by atoms with Gasteiger partial charge in [-0.3, -0.25) is 14.4 Å². The monoisotopic (exact) mass is 1030 g/mol. The smallest absolute Gasteiger partial charge is 0.232 e. The summed E-state index contributed by atoms with van der Waals surface area (Å²) in [5.74, 6) is -0.0184. The van der Waals surface area contributed by atoms with Gasteiger partial charge in [0.2, 0.25) is 11.4 Å². The number of Topliss-reactive ketones (excluding diaryl/α,β-unsaturated/α-hetero) is 2. The number of ketones is 2. The van der Waals surface area contributed by atoms with E-state index in [1.807, 2.05) is 20.8 Å². The summed E-state index contributed by atoms with van der Waals surface area (Å²) in [6.45, 7) is 25.2. The highest BCUT2D eigenvalue weighted by Gasteiger charge is 2.45. The molecular weight excluding hydrogens is 937 g/mol. The zero-order valence-electron chi connectivity index (χ0n) is 43.2. The van der Waals surface area contributed by atoms with Crippen molar-refractivity contribution in [2.75, 3.05) is 165 Å². The van der Waals surface area contributed by atoms with Crippen LogP contribution in [0.2, 0.25) is 0 Å². The van der Waals surface area contributed by atoms with Gasteiger partial charge in [0.25, 0.3) is 0 Å². The van der Waals surface area contributed by atoms with E-state index in [1.165, 1.54) is 6.92 Å². The average Bonchev–Trinajstić information content (AvgIpc) is 3.35. The Balaban J connectivity index is 1.71. The first-order valence-corrected chi connectivity index (χ1v) is 25.3. The minimum absolute atomic E-state index is 0.0108. The number of amides is 1. The van der Waals surface area contributed by atoms with Crippen LogP contribution < -0.4 is 5.32 Å². The highest BCUT2D eigenvalue weighted by molar-refractivity contribution is 5.79. The summed E-state index contributed by atoms with van der Waals surface area (Å²) >= 11 is 0. The minimum Gasteiger partial charge on any atom is -0.388 e. The number of rotatable bonds is 52. The van der Waals surface area contributed by atoms with Crippen molar-refractivity contribution in [3.05, 3.63) is 11.4 Å². The Morgan fingerprint density at radius 2 is 0.901 bits per heavy atom. The Morgan fingerprint density at radius 1 is 0.521 bits per heavy atom. The van der Waals surface area contributed by atoms with Gasteiger partial charge in [0.1, 0.15) is 30.6 Å². The van der Waals surface area contributed by atoms with Gasteiger partial charge in [-0.25, -0.2) is 6.57 Å². The largest absolute Gasteiger partial charge is 0.388 e. The molecular formula is C49H90N2O20. The normalized spacial score (nSPS) is 18.9. The first kappa shape index (κ1) is 66.6. The van der Waals surface area contributed by atoms with Crippen LogP contribution in [0, 0.1) is 12.5 Å². The molecule has 1 rings (SSSR count). The number of nitrogens with zero attached hydrogens (tertiary/aromatic N) is 1. The molecule has 1 aliphatic rings. The topological polar surface area (TPSA) is 258 Å². The van der Waals surface area contributed by atoms with E-state index in [0.717, 1.165) is 12.8 Å². The number of ether oxygens (including phenoxy) is 14. The zero-order chi connectivity index (χ0) is 52.1. The predicted molar refractivity (Wildman–Crippen MR) is 258 cm³/mol. The van der Waals surface area contributed by atoms with Gasteiger partial charge in [-0.2, -0.15) is 0 Å².